The number of halogens is 2. The molecule has 0 aliphatic rings. The smallest absolute Gasteiger partial charge is 0.0847 e. The van der Waals surface area contributed by atoms with Crippen molar-refractivity contribution in [3.63, 3.8) is 0 Å². The van der Waals surface area contributed by atoms with Crippen LogP contribution in [0.5, 0.6) is 0 Å². The summed E-state index contributed by atoms with van der Waals surface area (Å²) in [6, 6.07) is 8.48. The molecule has 21 heavy (non-hydrogen) atoms. The molecule has 1 atom stereocenters. The topological polar surface area (TPSA) is 29.9 Å². The summed E-state index contributed by atoms with van der Waals surface area (Å²) in [7, 11) is 3.95. The normalized spacial score (nSPS) is 12.6. The van der Waals surface area contributed by atoms with Crippen LogP contribution in [0.3, 0.4) is 0 Å². The number of nitrogens with zero attached hydrogens (tertiary/aromatic N) is 2. The molecule has 0 fully saturated rings. The monoisotopic (exact) mass is 369 g/mol. The molecule has 114 valence electrons. The Morgan fingerprint density at radius 2 is 2.14 bits per heavy atom. The summed E-state index contributed by atoms with van der Waals surface area (Å²) in [5, 5.41) is 8.48. The molecule has 0 bridgehead atoms. The van der Waals surface area contributed by atoms with Crippen molar-refractivity contribution in [3.05, 3.63) is 50.7 Å². The summed E-state index contributed by atoms with van der Waals surface area (Å²) in [5.41, 5.74) is 3.35. The van der Waals surface area contributed by atoms with Gasteiger partial charge in [0, 0.05) is 11.5 Å². The Morgan fingerprint density at radius 3 is 2.71 bits per heavy atom. The molecule has 0 saturated carbocycles. The molecule has 2 rings (SSSR count). The highest BCUT2D eigenvalue weighted by molar-refractivity contribution is 9.10. The van der Waals surface area contributed by atoms with Crippen molar-refractivity contribution in [1.29, 1.82) is 0 Å². The molecule has 5 heteroatoms. The van der Waals surface area contributed by atoms with Gasteiger partial charge in [-0.3, -0.25) is 4.68 Å². The van der Waals surface area contributed by atoms with Crippen LogP contribution in [0.2, 0.25) is 5.02 Å². The number of aromatic nitrogens is 2. The minimum Gasteiger partial charge on any atom is -0.319 e. The number of benzene rings is 1. The lowest BCUT2D eigenvalue weighted by Gasteiger charge is -2.17. The zero-order valence-corrected chi connectivity index (χ0v) is 15.0. The van der Waals surface area contributed by atoms with E-state index in [-0.39, 0.29) is 0 Å². The Balaban J connectivity index is 2.15. The number of nitrogens with one attached hydrogen (secondary N) is 1. The van der Waals surface area contributed by atoms with Gasteiger partial charge < -0.3 is 5.32 Å². The van der Waals surface area contributed by atoms with Gasteiger partial charge in [-0.25, -0.2) is 0 Å². The van der Waals surface area contributed by atoms with Crippen molar-refractivity contribution >= 4 is 27.5 Å². The molecule has 0 spiro atoms. The third-order valence-corrected chi connectivity index (χ3v) is 4.63. The Hall–Kier alpha value is -0.840. The van der Waals surface area contributed by atoms with E-state index in [1.165, 1.54) is 5.56 Å². The van der Waals surface area contributed by atoms with Gasteiger partial charge in [0.15, 0.2) is 0 Å². The van der Waals surface area contributed by atoms with E-state index < -0.39 is 0 Å². The van der Waals surface area contributed by atoms with Gasteiger partial charge in [-0.05, 0) is 57.0 Å². The van der Waals surface area contributed by atoms with Crippen LogP contribution in [0.15, 0.2) is 28.7 Å². The first-order valence-electron chi connectivity index (χ1n) is 7.08. The lowest BCUT2D eigenvalue weighted by molar-refractivity contribution is 0.477. The number of hydrogen-bond donors (Lipinski definition) is 1. The zero-order valence-electron chi connectivity index (χ0n) is 12.7. The highest BCUT2D eigenvalue weighted by atomic mass is 79.9. The Morgan fingerprint density at radius 1 is 1.38 bits per heavy atom. The van der Waals surface area contributed by atoms with Gasteiger partial charge in [0.1, 0.15) is 0 Å². The average Bonchev–Trinajstić information content (AvgIpc) is 2.66. The van der Waals surface area contributed by atoms with Crippen molar-refractivity contribution in [2.75, 3.05) is 13.6 Å². The SMILES string of the molecule is CNCC(Cc1cccc(Br)c1)Cc1c(Cl)c(C)nn1C. The second kappa shape index (κ2) is 7.43. The van der Waals surface area contributed by atoms with E-state index in [4.69, 9.17) is 11.6 Å². The molecule has 0 saturated heterocycles. The van der Waals surface area contributed by atoms with E-state index in [0.29, 0.717) is 5.92 Å². The molecule has 1 unspecified atom stereocenters. The van der Waals surface area contributed by atoms with E-state index in [9.17, 15) is 0 Å². The van der Waals surface area contributed by atoms with Crippen molar-refractivity contribution in [2.45, 2.75) is 19.8 Å². The van der Waals surface area contributed by atoms with Gasteiger partial charge in [-0.2, -0.15) is 5.10 Å². The number of aryl methyl sites for hydroxylation is 2. The van der Waals surface area contributed by atoms with Crippen LogP contribution in [0, 0.1) is 12.8 Å². The molecule has 1 heterocycles. The minimum absolute atomic E-state index is 0.483. The second-order valence-electron chi connectivity index (χ2n) is 5.43. The van der Waals surface area contributed by atoms with Crippen molar-refractivity contribution in [1.82, 2.24) is 15.1 Å². The highest BCUT2D eigenvalue weighted by Crippen LogP contribution is 2.24. The van der Waals surface area contributed by atoms with E-state index in [1.54, 1.807) is 0 Å². The average molecular weight is 371 g/mol. The fourth-order valence-electron chi connectivity index (χ4n) is 2.68. The molecule has 1 aromatic carbocycles. The van der Waals surface area contributed by atoms with Gasteiger partial charge in [0.25, 0.3) is 0 Å². The molecule has 1 aromatic heterocycles. The van der Waals surface area contributed by atoms with E-state index in [1.807, 2.05) is 25.7 Å². The molecule has 0 amide bonds. The molecule has 3 nitrogen and oxygen atoms in total. The van der Waals surface area contributed by atoms with Crippen LogP contribution in [-0.4, -0.2) is 23.4 Å². The minimum atomic E-state index is 0.483. The first-order valence-corrected chi connectivity index (χ1v) is 8.25. The first-order chi connectivity index (χ1) is 10.0. The van der Waals surface area contributed by atoms with Crippen LogP contribution in [0.25, 0.3) is 0 Å². The summed E-state index contributed by atoms with van der Waals surface area (Å²) in [6.07, 6.45) is 1.93. The number of hydrogen-bond acceptors (Lipinski definition) is 2. The highest BCUT2D eigenvalue weighted by Gasteiger charge is 2.17. The summed E-state index contributed by atoms with van der Waals surface area (Å²) in [5.74, 6) is 0.483. The van der Waals surface area contributed by atoms with E-state index in [2.05, 4.69) is 50.6 Å². The lowest BCUT2D eigenvalue weighted by Crippen LogP contribution is -2.23. The third kappa shape index (κ3) is 4.31. The fraction of sp³-hybridized carbons (Fsp3) is 0.438. The first kappa shape index (κ1) is 16.5. The van der Waals surface area contributed by atoms with E-state index >= 15 is 0 Å². The molecular weight excluding hydrogens is 350 g/mol. The second-order valence-corrected chi connectivity index (χ2v) is 6.73. The Labute approximate surface area is 139 Å². The lowest BCUT2D eigenvalue weighted by atomic mass is 9.94. The van der Waals surface area contributed by atoms with E-state index in [0.717, 1.165) is 40.3 Å². The Bertz CT molecular complexity index is 610. The molecule has 1 N–H and O–H groups in total. The number of rotatable bonds is 6. The molecule has 0 radical (unpaired) electrons. The summed E-state index contributed by atoms with van der Waals surface area (Å²) in [4.78, 5) is 0. The van der Waals surface area contributed by atoms with Crippen LogP contribution in [0.4, 0.5) is 0 Å². The quantitative estimate of drug-likeness (QED) is 0.839. The maximum Gasteiger partial charge on any atom is 0.0847 e. The van der Waals surface area contributed by atoms with Gasteiger partial charge in [-0.1, -0.05) is 39.7 Å². The van der Waals surface area contributed by atoms with Gasteiger partial charge in [-0.15, -0.1) is 0 Å². The molecule has 0 aliphatic heterocycles. The summed E-state index contributed by atoms with van der Waals surface area (Å²) >= 11 is 9.91. The van der Waals surface area contributed by atoms with Crippen molar-refractivity contribution in [3.8, 4) is 0 Å². The molecular formula is C16H21BrClN3. The van der Waals surface area contributed by atoms with Crippen LogP contribution >= 0.6 is 27.5 Å². The predicted molar refractivity (Wildman–Crippen MR) is 91.9 cm³/mol. The largest absolute Gasteiger partial charge is 0.319 e. The standard InChI is InChI=1S/C16H21BrClN3/c1-11-16(18)15(21(3)20-11)9-13(10-19-2)7-12-5-4-6-14(17)8-12/h4-6,8,13,19H,7,9-10H2,1-3H3. The summed E-state index contributed by atoms with van der Waals surface area (Å²) in [6.45, 7) is 2.90. The maximum absolute atomic E-state index is 6.38. The molecule has 2 aromatic rings. The van der Waals surface area contributed by atoms with Crippen molar-refractivity contribution < 1.29 is 0 Å². The zero-order chi connectivity index (χ0) is 15.4. The fourth-order valence-corrected chi connectivity index (χ4v) is 3.36. The summed E-state index contributed by atoms with van der Waals surface area (Å²) < 4.78 is 3.03. The van der Waals surface area contributed by atoms with Gasteiger partial charge in [0.2, 0.25) is 0 Å². The Kier molecular flexibility index (Phi) is 5.85. The predicted octanol–water partition coefficient (Wildman–Crippen LogP) is 3.77. The molecule has 0 aliphatic carbocycles. The van der Waals surface area contributed by atoms with Crippen LogP contribution in [-0.2, 0) is 19.9 Å². The third-order valence-electron chi connectivity index (χ3n) is 3.65. The van der Waals surface area contributed by atoms with Crippen molar-refractivity contribution in [2.24, 2.45) is 13.0 Å². The van der Waals surface area contributed by atoms with Gasteiger partial charge in [0.05, 0.1) is 16.4 Å². The van der Waals surface area contributed by atoms with Crippen LogP contribution in [0.1, 0.15) is 17.0 Å². The van der Waals surface area contributed by atoms with Crippen LogP contribution < -0.4 is 5.32 Å². The van der Waals surface area contributed by atoms with Gasteiger partial charge >= 0.3 is 0 Å². The maximum atomic E-state index is 6.38.